The van der Waals surface area contributed by atoms with Crippen LogP contribution in [0.5, 0.6) is 0 Å². The number of allylic oxidation sites excluding steroid dienone is 5. The largest absolute Gasteiger partial charge is 0.478 e. The highest BCUT2D eigenvalue weighted by molar-refractivity contribution is 8.03. The van der Waals surface area contributed by atoms with Crippen LogP contribution in [0.15, 0.2) is 35.8 Å². The van der Waals surface area contributed by atoms with E-state index in [1.165, 1.54) is 24.7 Å². The van der Waals surface area contributed by atoms with Crippen molar-refractivity contribution in [2.24, 2.45) is 0 Å². The molecule has 108 valence electrons. The molecule has 0 bridgehead atoms. The summed E-state index contributed by atoms with van der Waals surface area (Å²) in [6, 6.07) is 0. The first kappa shape index (κ1) is 18.0. The molecule has 0 aliphatic heterocycles. The van der Waals surface area contributed by atoms with E-state index in [4.69, 9.17) is 5.11 Å². The van der Waals surface area contributed by atoms with Gasteiger partial charge in [-0.15, -0.1) is 0 Å². The molecule has 4 heteroatoms. The van der Waals surface area contributed by atoms with Crippen LogP contribution in [-0.4, -0.2) is 16.6 Å². The zero-order chi connectivity index (χ0) is 14.3. The van der Waals surface area contributed by atoms with Crippen molar-refractivity contribution in [1.29, 1.82) is 0 Å². The number of carboxylic acid groups (broad SMARTS) is 1. The van der Waals surface area contributed by atoms with E-state index < -0.39 is 11.5 Å². The average molecular weight is 286 g/mol. The molecule has 0 aromatic carbocycles. The van der Waals surface area contributed by atoms with Crippen molar-refractivity contribution in [3.63, 3.8) is 0 Å². The lowest BCUT2D eigenvalue weighted by molar-refractivity contribution is -0.139. The molecule has 0 fully saturated rings. The number of carboxylic acids is 1. The van der Waals surface area contributed by atoms with E-state index in [0.29, 0.717) is 18.2 Å². The molecule has 0 aliphatic rings. The maximum atomic E-state index is 12.6. The molecule has 0 saturated heterocycles. The number of halogens is 1. The lowest BCUT2D eigenvalue weighted by Gasteiger charge is -1.95. The van der Waals surface area contributed by atoms with Crippen molar-refractivity contribution < 1.29 is 14.3 Å². The Morgan fingerprint density at radius 3 is 2.42 bits per heavy atom. The maximum Gasteiger partial charge on any atom is 0.349 e. The highest BCUT2D eigenvalue weighted by atomic mass is 32.2. The third kappa shape index (κ3) is 13.2. The van der Waals surface area contributed by atoms with Crippen molar-refractivity contribution in [2.75, 3.05) is 0 Å². The molecule has 0 aromatic heterocycles. The van der Waals surface area contributed by atoms with Gasteiger partial charge in [0.1, 0.15) is 0 Å². The fraction of sp³-hybridized carbons (Fsp3) is 0.533. The summed E-state index contributed by atoms with van der Waals surface area (Å²) in [4.78, 5) is 10.2. The molecule has 0 aromatic rings. The monoisotopic (exact) mass is 286 g/mol. The molecular weight excluding hydrogens is 263 g/mol. The Balaban J connectivity index is 3.48. The summed E-state index contributed by atoms with van der Waals surface area (Å²) in [6.07, 6.45) is 16.7. The Morgan fingerprint density at radius 1 is 1.16 bits per heavy atom. The Hall–Kier alpha value is -1.03. The van der Waals surface area contributed by atoms with Crippen LogP contribution in [0, 0.1) is 0 Å². The van der Waals surface area contributed by atoms with E-state index in [1.807, 2.05) is 6.08 Å². The lowest BCUT2D eigenvalue weighted by atomic mass is 10.2. The van der Waals surface area contributed by atoms with Crippen LogP contribution < -0.4 is 0 Å². The number of aliphatic carboxylic acids is 1. The summed E-state index contributed by atoms with van der Waals surface area (Å²) in [5.74, 6) is -1.43. The van der Waals surface area contributed by atoms with Crippen molar-refractivity contribution >= 4 is 17.7 Å². The first-order valence-corrected chi connectivity index (χ1v) is 7.60. The van der Waals surface area contributed by atoms with Crippen molar-refractivity contribution in [1.82, 2.24) is 0 Å². The molecule has 19 heavy (non-hydrogen) atoms. The Labute approximate surface area is 119 Å². The van der Waals surface area contributed by atoms with Gasteiger partial charge in [0.2, 0.25) is 5.50 Å². The van der Waals surface area contributed by atoms with E-state index >= 15 is 0 Å². The molecule has 0 radical (unpaired) electrons. The predicted molar refractivity (Wildman–Crippen MR) is 80.9 cm³/mol. The normalized spacial score (nSPS) is 13.8. The first-order valence-electron chi connectivity index (χ1n) is 6.65. The van der Waals surface area contributed by atoms with E-state index in [0.717, 1.165) is 12.8 Å². The zero-order valence-corrected chi connectivity index (χ0v) is 12.2. The van der Waals surface area contributed by atoms with Crippen molar-refractivity contribution in [3.8, 4) is 0 Å². The maximum absolute atomic E-state index is 12.6. The van der Waals surface area contributed by atoms with Gasteiger partial charge >= 0.3 is 5.97 Å². The van der Waals surface area contributed by atoms with Crippen molar-refractivity contribution in [2.45, 2.75) is 51.0 Å². The minimum absolute atomic E-state index is 0.669. The minimum Gasteiger partial charge on any atom is -0.478 e. The van der Waals surface area contributed by atoms with Gasteiger partial charge in [-0.25, -0.2) is 9.18 Å². The number of rotatable bonds is 11. The second kappa shape index (κ2) is 13.4. The molecule has 0 heterocycles. The van der Waals surface area contributed by atoms with E-state index in [1.54, 1.807) is 6.08 Å². The van der Waals surface area contributed by atoms with E-state index in [-0.39, 0.29) is 0 Å². The second-order valence-corrected chi connectivity index (χ2v) is 5.03. The lowest BCUT2D eigenvalue weighted by Crippen LogP contribution is -2.08. The highest BCUT2D eigenvalue weighted by Crippen LogP contribution is 2.14. The second-order valence-electron chi connectivity index (χ2n) is 4.07. The Kier molecular flexibility index (Phi) is 12.7. The van der Waals surface area contributed by atoms with E-state index in [9.17, 15) is 9.18 Å². The number of thioether (sulfide) groups is 1. The first-order chi connectivity index (χ1) is 9.18. The van der Waals surface area contributed by atoms with Gasteiger partial charge in [-0.1, -0.05) is 61.9 Å². The Morgan fingerprint density at radius 2 is 1.79 bits per heavy atom. The zero-order valence-electron chi connectivity index (χ0n) is 11.4. The van der Waals surface area contributed by atoms with E-state index in [2.05, 4.69) is 25.2 Å². The molecule has 0 aliphatic carbocycles. The van der Waals surface area contributed by atoms with Gasteiger partial charge in [0.05, 0.1) is 0 Å². The smallest absolute Gasteiger partial charge is 0.349 e. The van der Waals surface area contributed by atoms with Gasteiger partial charge < -0.3 is 5.11 Å². The van der Waals surface area contributed by atoms with Crippen LogP contribution in [0.4, 0.5) is 4.39 Å². The summed E-state index contributed by atoms with van der Waals surface area (Å²) in [7, 11) is 0. The number of unbranched alkanes of at least 4 members (excludes halogenated alkanes) is 3. The summed E-state index contributed by atoms with van der Waals surface area (Å²) < 4.78 is 12.6. The topological polar surface area (TPSA) is 37.3 Å². The van der Waals surface area contributed by atoms with Crippen LogP contribution in [-0.2, 0) is 4.79 Å². The van der Waals surface area contributed by atoms with Crippen LogP contribution in [0.1, 0.15) is 45.4 Å². The third-order valence-electron chi connectivity index (χ3n) is 2.34. The summed E-state index contributed by atoms with van der Waals surface area (Å²) in [5.41, 5.74) is -1.87. The Bertz CT molecular complexity index is 311. The predicted octanol–water partition coefficient (Wildman–Crippen LogP) is 5.09. The average Bonchev–Trinajstić information content (AvgIpc) is 2.39. The van der Waals surface area contributed by atoms with Crippen LogP contribution in [0.3, 0.4) is 0 Å². The number of carbonyl (C=O) groups is 1. The fourth-order valence-electron chi connectivity index (χ4n) is 1.31. The number of hydrogen-bond acceptors (Lipinski definition) is 2. The molecule has 0 amide bonds. The standard InChI is InChI=1S/C15H23FO2S/c1-2-3-4-5-6-7-8-9-10-11-12-13-19-14(16)15(17)18/h6-7,9-10,12-14H,2-5,8,11H2,1H3,(H,17,18)/b7-6-,10-9-,13-12-. The van der Waals surface area contributed by atoms with Crippen LogP contribution in [0.2, 0.25) is 0 Å². The fourth-order valence-corrected chi connectivity index (χ4v) is 1.79. The van der Waals surface area contributed by atoms with Crippen LogP contribution >= 0.6 is 11.8 Å². The van der Waals surface area contributed by atoms with Gasteiger partial charge in [-0.2, -0.15) is 0 Å². The SMILES string of the molecule is CCCCC/C=C\C/C=C\C/C=C\SC(F)C(=O)O. The molecule has 0 rings (SSSR count). The van der Waals surface area contributed by atoms with Gasteiger partial charge in [-0.05, 0) is 31.1 Å². The van der Waals surface area contributed by atoms with Gasteiger partial charge in [0.25, 0.3) is 0 Å². The van der Waals surface area contributed by atoms with Gasteiger partial charge in [0, 0.05) is 0 Å². The molecule has 2 nitrogen and oxygen atoms in total. The molecule has 0 saturated carbocycles. The summed E-state index contributed by atoms with van der Waals surface area (Å²) in [6.45, 7) is 2.19. The quantitative estimate of drug-likeness (QED) is 0.425. The van der Waals surface area contributed by atoms with Crippen molar-refractivity contribution in [3.05, 3.63) is 35.8 Å². The van der Waals surface area contributed by atoms with Crippen LogP contribution in [0.25, 0.3) is 0 Å². The molecule has 1 N–H and O–H groups in total. The summed E-state index contributed by atoms with van der Waals surface area (Å²) in [5, 5.41) is 9.80. The number of alkyl halides is 1. The molecule has 1 unspecified atom stereocenters. The summed E-state index contributed by atoms with van der Waals surface area (Å²) >= 11 is 0.669. The molecular formula is C15H23FO2S. The molecule has 1 atom stereocenters. The number of hydrogen-bond donors (Lipinski definition) is 1. The third-order valence-corrected chi connectivity index (χ3v) is 3.13. The van der Waals surface area contributed by atoms with Gasteiger partial charge in [0.15, 0.2) is 0 Å². The van der Waals surface area contributed by atoms with Gasteiger partial charge in [-0.3, -0.25) is 0 Å². The highest BCUT2D eigenvalue weighted by Gasteiger charge is 2.13. The molecule has 0 spiro atoms. The minimum atomic E-state index is -1.87.